The van der Waals surface area contributed by atoms with Crippen molar-refractivity contribution in [2.24, 2.45) is 0 Å². The van der Waals surface area contributed by atoms with Crippen LogP contribution in [0.5, 0.6) is 0 Å². The second kappa shape index (κ2) is 6.33. The summed E-state index contributed by atoms with van der Waals surface area (Å²) in [7, 11) is 2.12. The highest BCUT2D eigenvalue weighted by Crippen LogP contribution is 2.31. The molecular weight excluding hydrogens is 254 g/mol. The van der Waals surface area contributed by atoms with Gasteiger partial charge in [-0.3, -0.25) is 0 Å². The van der Waals surface area contributed by atoms with Gasteiger partial charge in [-0.1, -0.05) is 19.3 Å². The molecule has 1 aliphatic carbocycles. The van der Waals surface area contributed by atoms with Gasteiger partial charge in [0.15, 0.2) is 0 Å². The van der Waals surface area contributed by atoms with Crippen LogP contribution >= 0.6 is 11.3 Å². The average Bonchev–Trinajstić information content (AvgIpc) is 2.94. The van der Waals surface area contributed by atoms with Gasteiger partial charge in [-0.2, -0.15) is 0 Å². The molecule has 108 valence electrons. The molecule has 1 aliphatic rings. The van der Waals surface area contributed by atoms with Crippen molar-refractivity contribution in [1.29, 1.82) is 0 Å². The van der Waals surface area contributed by atoms with Crippen molar-refractivity contribution < 1.29 is 0 Å². The third-order valence-electron chi connectivity index (χ3n) is 4.48. The molecule has 0 aliphatic heterocycles. The van der Waals surface area contributed by atoms with Gasteiger partial charge in [0.25, 0.3) is 0 Å². The first kappa shape index (κ1) is 14.9. The summed E-state index contributed by atoms with van der Waals surface area (Å²) in [4.78, 5) is 4.43. The van der Waals surface area contributed by atoms with Crippen molar-refractivity contribution in [2.45, 2.75) is 63.5 Å². The first-order chi connectivity index (χ1) is 9.08. The molecule has 0 radical (unpaired) electrons. The molecular formula is C15H27N3S. The lowest BCUT2D eigenvalue weighted by Gasteiger charge is -2.38. The Morgan fingerprint density at radius 3 is 2.63 bits per heavy atom. The molecule has 0 atom stereocenters. The number of hydrogen-bond donors (Lipinski definition) is 2. The molecule has 0 bridgehead atoms. The highest BCUT2D eigenvalue weighted by atomic mass is 32.1. The summed E-state index contributed by atoms with van der Waals surface area (Å²) in [5.41, 5.74) is 0.349. The Balaban J connectivity index is 1.85. The molecule has 0 aromatic carbocycles. The van der Waals surface area contributed by atoms with Crippen molar-refractivity contribution in [3.05, 3.63) is 16.6 Å². The second-order valence-corrected chi connectivity index (χ2v) is 7.12. The van der Waals surface area contributed by atoms with Crippen molar-refractivity contribution in [2.75, 3.05) is 13.6 Å². The van der Waals surface area contributed by atoms with Gasteiger partial charge in [0.1, 0.15) is 5.01 Å². The monoisotopic (exact) mass is 281 g/mol. The zero-order valence-corrected chi connectivity index (χ0v) is 13.3. The number of nitrogens with zero attached hydrogens (tertiary/aromatic N) is 1. The van der Waals surface area contributed by atoms with Crippen LogP contribution in [0.1, 0.15) is 57.4 Å². The molecule has 1 heterocycles. The molecule has 1 saturated carbocycles. The Morgan fingerprint density at radius 1 is 1.32 bits per heavy atom. The molecule has 1 aromatic rings. The van der Waals surface area contributed by atoms with Crippen molar-refractivity contribution in [3.63, 3.8) is 0 Å². The van der Waals surface area contributed by atoms with Crippen LogP contribution in [0, 0.1) is 0 Å². The molecule has 2 rings (SSSR count). The smallest absolute Gasteiger partial charge is 0.112 e. The van der Waals surface area contributed by atoms with E-state index in [0.717, 1.165) is 6.54 Å². The van der Waals surface area contributed by atoms with Crippen LogP contribution in [0.15, 0.2) is 11.6 Å². The van der Waals surface area contributed by atoms with Gasteiger partial charge >= 0.3 is 0 Å². The normalized spacial score (nSPS) is 19.5. The molecule has 2 N–H and O–H groups in total. The number of hydrogen-bond acceptors (Lipinski definition) is 4. The number of rotatable bonds is 6. The SMILES string of the molecule is CNC1(CCNC(C)(C)c2nccs2)CCCCC1. The fraction of sp³-hybridized carbons (Fsp3) is 0.800. The number of thiazole rings is 1. The van der Waals surface area contributed by atoms with E-state index in [1.54, 1.807) is 11.3 Å². The zero-order valence-electron chi connectivity index (χ0n) is 12.5. The van der Waals surface area contributed by atoms with E-state index in [2.05, 4.69) is 41.9 Å². The Bertz CT molecular complexity index is 367. The summed E-state index contributed by atoms with van der Waals surface area (Å²) < 4.78 is 0. The largest absolute Gasteiger partial charge is 0.314 e. The maximum Gasteiger partial charge on any atom is 0.112 e. The maximum absolute atomic E-state index is 4.43. The second-order valence-electron chi connectivity index (χ2n) is 6.23. The number of nitrogens with one attached hydrogen (secondary N) is 2. The van der Waals surface area contributed by atoms with Crippen LogP contribution in [0.4, 0.5) is 0 Å². The van der Waals surface area contributed by atoms with Gasteiger partial charge in [0.2, 0.25) is 0 Å². The summed E-state index contributed by atoms with van der Waals surface area (Å²) >= 11 is 1.73. The molecule has 1 aromatic heterocycles. The summed E-state index contributed by atoms with van der Waals surface area (Å²) in [6.07, 6.45) is 9.89. The van der Waals surface area contributed by atoms with Crippen LogP contribution in [0.3, 0.4) is 0 Å². The summed E-state index contributed by atoms with van der Waals surface area (Å²) in [5, 5.41) is 10.5. The highest BCUT2D eigenvalue weighted by Gasteiger charge is 2.31. The van der Waals surface area contributed by atoms with Gasteiger partial charge in [-0.25, -0.2) is 4.98 Å². The third kappa shape index (κ3) is 3.77. The van der Waals surface area contributed by atoms with Gasteiger partial charge in [-0.15, -0.1) is 11.3 Å². The maximum atomic E-state index is 4.43. The highest BCUT2D eigenvalue weighted by molar-refractivity contribution is 7.09. The zero-order chi connectivity index (χ0) is 13.8. The van der Waals surface area contributed by atoms with Crippen molar-refractivity contribution in [1.82, 2.24) is 15.6 Å². The predicted octanol–water partition coefficient (Wildman–Crippen LogP) is 3.28. The topological polar surface area (TPSA) is 37.0 Å². The summed E-state index contributed by atoms with van der Waals surface area (Å²) in [6.45, 7) is 5.49. The molecule has 4 heteroatoms. The van der Waals surface area contributed by atoms with E-state index in [9.17, 15) is 0 Å². The average molecular weight is 281 g/mol. The van der Waals surface area contributed by atoms with E-state index in [0.29, 0.717) is 5.54 Å². The predicted molar refractivity (Wildman–Crippen MR) is 82.6 cm³/mol. The van der Waals surface area contributed by atoms with Gasteiger partial charge < -0.3 is 10.6 Å². The quantitative estimate of drug-likeness (QED) is 0.840. The lowest BCUT2D eigenvalue weighted by molar-refractivity contribution is 0.220. The molecule has 0 saturated heterocycles. The summed E-state index contributed by atoms with van der Waals surface area (Å²) in [6, 6.07) is 0. The molecule has 0 unspecified atom stereocenters. The minimum atomic E-state index is -0.0161. The van der Waals surface area contributed by atoms with E-state index >= 15 is 0 Å². The minimum absolute atomic E-state index is 0.0161. The van der Waals surface area contributed by atoms with E-state index in [1.807, 2.05) is 6.20 Å². The van der Waals surface area contributed by atoms with Gasteiger partial charge in [0, 0.05) is 17.1 Å². The van der Waals surface area contributed by atoms with Gasteiger partial charge in [-0.05, 0) is 46.7 Å². The summed E-state index contributed by atoms with van der Waals surface area (Å²) in [5.74, 6) is 0. The Kier molecular flexibility index (Phi) is 4.98. The van der Waals surface area contributed by atoms with E-state index in [-0.39, 0.29) is 5.54 Å². The molecule has 1 fully saturated rings. The van der Waals surface area contributed by atoms with Crippen LogP contribution in [0.2, 0.25) is 0 Å². The van der Waals surface area contributed by atoms with E-state index in [1.165, 1.54) is 43.5 Å². The van der Waals surface area contributed by atoms with Crippen LogP contribution in [0.25, 0.3) is 0 Å². The van der Waals surface area contributed by atoms with Crippen molar-refractivity contribution >= 4 is 11.3 Å². The Labute approximate surface area is 121 Å². The van der Waals surface area contributed by atoms with Crippen LogP contribution in [-0.2, 0) is 5.54 Å². The third-order valence-corrected chi connectivity index (χ3v) is 5.58. The molecule has 19 heavy (non-hydrogen) atoms. The standard InChI is InChI=1S/C15H27N3S/c1-14(2,13-17-11-12-19-13)18-10-9-15(16-3)7-5-4-6-8-15/h11-12,16,18H,4-10H2,1-3H3. The van der Waals surface area contributed by atoms with E-state index < -0.39 is 0 Å². The Morgan fingerprint density at radius 2 is 2.05 bits per heavy atom. The van der Waals surface area contributed by atoms with E-state index in [4.69, 9.17) is 0 Å². The van der Waals surface area contributed by atoms with Crippen LogP contribution in [-0.4, -0.2) is 24.1 Å². The lowest BCUT2D eigenvalue weighted by Crippen LogP contribution is -2.48. The lowest BCUT2D eigenvalue weighted by atomic mass is 9.79. The molecule has 0 spiro atoms. The first-order valence-electron chi connectivity index (χ1n) is 7.42. The molecule has 0 amide bonds. The fourth-order valence-electron chi connectivity index (χ4n) is 3.08. The van der Waals surface area contributed by atoms with Crippen molar-refractivity contribution in [3.8, 4) is 0 Å². The number of aromatic nitrogens is 1. The molecule has 3 nitrogen and oxygen atoms in total. The van der Waals surface area contributed by atoms with Crippen LogP contribution < -0.4 is 10.6 Å². The first-order valence-corrected chi connectivity index (χ1v) is 8.30. The fourth-order valence-corrected chi connectivity index (χ4v) is 3.81. The van der Waals surface area contributed by atoms with Gasteiger partial charge in [0.05, 0.1) is 5.54 Å². The Hall–Kier alpha value is -0.450. The minimum Gasteiger partial charge on any atom is -0.314 e.